The quantitative estimate of drug-likeness (QED) is 0.829. The van der Waals surface area contributed by atoms with Gasteiger partial charge in [0.1, 0.15) is 5.67 Å². The van der Waals surface area contributed by atoms with Crippen LogP contribution in [0.3, 0.4) is 0 Å². The Morgan fingerprint density at radius 2 is 1.88 bits per heavy atom. The van der Waals surface area contributed by atoms with E-state index in [9.17, 15) is 4.39 Å². The molecule has 1 aliphatic rings. The Bertz CT molecular complexity index is 382. The summed E-state index contributed by atoms with van der Waals surface area (Å²) >= 11 is 0. The second kappa shape index (κ2) is 4.77. The van der Waals surface area contributed by atoms with Crippen LogP contribution in [0, 0.1) is 20.8 Å². The van der Waals surface area contributed by atoms with Crippen molar-refractivity contribution < 1.29 is 4.39 Å². The molecule has 94 valence electrons. The first-order valence-corrected chi connectivity index (χ1v) is 6.47. The van der Waals surface area contributed by atoms with Crippen molar-refractivity contribution in [3.8, 4) is 0 Å². The first kappa shape index (κ1) is 12.6. The normalized spacial score (nSPS) is 24.9. The number of benzene rings is 1. The Kier molecular flexibility index (Phi) is 3.53. The van der Waals surface area contributed by atoms with Gasteiger partial charge in [-0.25, -0.2) is 4.39 Å². The molecule has 2 heteroatoms. The maximum atomic E-state index is 14.7. The highest BCUT2D eigenvalue weighted by atomic mass is 19.1. The fraction of sp³-hybridized carbons (Fsp3) is 0.600. The summed E-state index contributed by atoms with van der Waals surface area (Å²) in [5, 5.41) is 3.17. The third-order valence-electron chi connectivity index (χ3n) is 3.75. The van der Waals surface area contributed by atoms with Gasteiger partial charge in [0.15, 0.2) is 0 Å². The lowest BCUT2D eigenvalue weighted by molar-refractivity contribution is 0.122. The molecule has 1 aromatic carbocycles. The van der Waals surface area contributed by atoms with Crippen LogP contribution in [0.25, 0.3) is 0 Å². The molecule has 1 N–H and O–H groups in total. The van der Waals surface area contributed by atoms with Crippen LogP contribution in [0.4, 0.5) is 4.39 Å². The number of rotatable bonds is 2. The van der Waals surface area contributed by atoms with E-state index in [4.69, 9.17) is 0 Å². The van der Waals surface area contributed by atoms with Gasteiger partial charge in [0.25, 0.3) is 0 Å². The molecule has 1 heterocycles. The summed E-state index contributed by atoms with van der Waals surface area (Å²) in [5.74, 6) is 0. The van der Waals surface area contributed by atoms with Gasteiger partial charge >= 0.3 is 0 Å². The van der Waals surface area contributed by atoms with Gasteiger partial charge in [-0.05, 0) is 56.8 Å². The number of halogens is 1. The summed E-state index contributed by atoms with van der Waals surface area (Å²) in [7, 11) is 0. The molecule has 1 aliphatic heterocycles. The van der Waals surface area contributed by atoms with Crippen molar-refractivity contribution in [2.45, 2.75) is 45.7 Å². The van der Waals surface area contributed by atoms with Crippen molar-refractivity contribution in [1.29, 1.82) is 0 Å². The van der Waals surface area contributed by atoms with Gasteiger partial charge in [0.05, 0.1) is 0 Å². The van der Waals surface area contributed by atoms with Crippen molar-refractivity contribution >= 4 is 0 Å². The monoisotopic (exact) mass is 235 g/mol. The summed E-state index contributed by atoms with van der Waals surface area (Å²) in [5.41, 5.74) is 3.86. The van der Waals surface area contributed by atoms with E-state index in [0.717, 1.165) is 13.0 Å². The van der Waals surface area contributed by atoms with Crippen molar-refractivity contribution in [2.24, 2.45) is 0 Å². The van der Waals surface area contributed by atoms with E-state index in [-0.39, 0.29) is 0 Å². The molecule has 17 heavy (non-hydrogen) atoms. The molecule has 1 atom stereocenters. The van der Waals surface area contributed by atoms with Crippen LogP contribution >= 0.6 is 0 Å². The Labute approximate surface area is 103 Å². The van der Waals surface area contributed by atoms with E-state index < -0.39 is 5.67 Å². The Morgan fingerprint density at radius 3 is 2.41 bits per heavy atom. The molecule has 0 spiro atoms. The van der Waals surface area contributed by atoms with Gasteiger partial charge in [-0.1, -0.05) is 17.7 Å². The van der Waals surface area contributed by atoms with Crippen molar-refractivity contribution in [1.82, 2.24) is 5.32 Å². The number of alkyl halides is 1. The van der Waals surface area contributed by atoms with E-state index in [1.165, 1.54) is 22.3 Å². The number of aryl methyl sites for hydroxylation is 3. The Morgan fingerprint density at radius 1 is 1.24 bits per heavy atom. The molecule has 1 fully saturated rings. The standard InChI is InChI=1S/C15H22FN/c1-11-7-12(2)14(13(3)8-11)9-15(16)5-4-6-17-10-15/h7-8,17H,4-6,9-10H2,1-3H3. The maximum Gasteiger partial charge on any atom is 0.127 e. The number of nitrogens with one attached hydrogen (secondary N) is 1. The molecule has 2 rings (SSSR count). The fourth-order valence-corrected chi connectivity index (χ4v) is 2.89. The highest BCUT2D eigenvalue weighted by Crippen LogP contribution is 2.29. The summed E-state index contributed by atoms with van der Waals surface area (Å²) in [6.07, 6.45) is 2.19. The van der Waals surface area contributed by atoms with E-state index in [1.807, 2.05) is 0 Å². The summed E-state index contributed by atoms with van der Waals surface area (Å²) in [6, 6.07) is 4.31. The van der Waals surface area contributed by atoms with Crippen molar-refractivity contribution in [3.05, 3.63) is 34.4 Å². The molecule has 0 bridgehead atoms. The summed E-state index contributed by atoms with van der Waals surface area (Å²) < 4.78 is 14.7. The highest BCUT2D eigenvalue weighted by molar-refractivity contribution is 5.38. The van der Waals surface area contributed by atoms with Crippen LogP contribution in [0.2, 0.25) is 0 Å². The fourth-order valence-electron chi connectivity index (χ4n) is 2.89. The minimum atomic E-state index is -1.05. The lowest BCUT2D eigenvalue weighted by atomic mass is 9.85. The molecule has 0 radical (unpaired) electrons. The van der Waals surface area contributed by atoms with Gasteiger partial charge in [-0.2, -0.15) is 0 Å². The second-order valence-electron chi connectivity index (χ2n) is 5.49. The van der Waals surface area contributed by atoms with Gasteiger partial charge in [-0.15, -0.1) is 0 Å². The minimum Gasteiger partial charge on any atom is -0.314 e. The van der Waals surface area contributed by atoms with Crippen LogP contribution in [0.15, 0.2) is 12.1 Å². The molecule has 0 saturated carbocycles. The molecule has 0 aliphatic carbocycles. The highest BCUT2D eigenvalue weighted by Gasteiger charge is 2.32. The number of hydrogen-bond acceptors (Lipinski definition) is 1. The smallest absolute Gasteiger partial charge is 0.127 e. The molecule has 0 aromatic heterocycles. The van der Waals surface area contributed by atoms with Gasteiger partial charge < -0.3 is 5.32 Å². The van der Waals surface area contributed by atoms with E-state index in [2.05, 4.69) is 38.2 Å². The number of piperidine rings is 1. The molecule has 1 unspecified atom stereocenters. The van der Waals surface area contributed by atoms with E-state index >= 15 is 0 Å². The van der Waals surface area contributed by atoms with Gasteiger partial charge in [0.2, 0.25) is 0 Å². The molecule has 1 aromatic rings. The average molecular weight is 235 g/mol. The first-order chi connectivity index (χ1) is 8.00. The van der Waals surface area contributed by atoms with Crippen LogP contribution in [0.1, 0.15) is 35.1 Å². The first-order valence-electron chi connectivity index (χ1n) is 6.47. The van der Waals surface area contributed by atoms with Crippen molar-refractivity contribution in [3.63, 3.8) is 0 Å². The predicted octanol–water partition coefficient (Wildman–Crippen LogP) is 3.25. The maximum absolute atomic E-state index is 14.7. The Balaban J connectivity index is 2.23. The average Bonchev–Trinajstić information content (AvgIpc) is 2.24. The van der Waals surface area contributed by atoms with Crippen LogP contribution in [-0.2, 0) is 6.42 Å². The van der Waals surface area contributed by atoms with Crippen LogP contribution in [-0.4, -0.2) is 18.8 Å². The molecule has 0 amide bonds. The zero-order valence-electron chi connectivity index (χ0n) is 11.1. The zero-order valence-corrected chi connectivity index (χ0v) is 11.1. The predicted molar refractivity (Wildman–Crippen MR) is 70.3 cm³/mol. The van der Waals surface area contributed by atoms with Crippen LogP contribution in [0.5, 0.6) is 0 Å². The molecular weight excluding hydrogens is 213 g/mol. The van der Waals surface area contributed by atoms with E-state index in [0.29, 0.717) is 19.4 Å². The van der Waals surface area contributed by atoms with Crippen molar-refractivity contribution in [2.75, 3.05) is 13.1 Å². The summed E-state index contributed by atoms with van der Waals surface area (Å²) in [6.45, 7) is 7.73. The Hall–Kier alpha value is -0.890. The lowest BCUT2D eigenvalue weighted by Gasteiger charge is -2.31. The SMILES string of the molecule is Cc1cc(C)c(CC2(F)CCCNC2)c(C)c1. The second-order valence-corrected chi connectivity index (χ2v) is 5.49. The molecular formula is C15H22FN. The molecule has 1 nitrogen and oxygen atoms in total. The minimum absolute atomic E-state index is 0.500. The summed E-state index contributed by atoms with van der Waals surface area (Å²) in [4.78, 5) is 0. The topological polar surface area (TPSA) is 12.0 Å². The lowest BCUT2D eigenvalue weighted by Crippen LogP contribution is -2.44. The third-order valence-corrected chi connectivity index (χ3v) is 3.75. The van der Waals surface area contributed by atoms with Gasteiger partial charge in [0, 0.05) is 13.0 Å². The zero-order chi connectivity index (χ0) is 12.5. The van der Waals surface area contributed by atoms with Crippen LogP contribution < -0.4 is 5.32 Å². The third kappa shape index (κ3) is 2.86. The van der Waals surface area contributed by atoms with Gasteiger partial charge in [-0.3, -0.25) is 0 Å². The molecule has 1 saturated heterocycles. The van der Waals surface area contributed by atoms with E-state index in [1.54, 1.807) is 0 Å². The number of hydrogen-bond donors (Lipinski definition) is 1. The largest absolute Gasteiger partial charge is 0.314 e.